The first-order valence-corrected chi connectivity index (χ1v) is 21.7. The van der Waals surface area contributed by atoms with Crippen LogP contribution >= 0.6 is 0 Å². The SMILES string of the molecule is CCS(=O)(=O)Nc1ccc(-c2nn(C)c3c(-c4cnn(C5CCN(C(=O)C6CC(Nc7cccc8c7C(=O)N(C7CCC(=O)NC7=O)C8=O)C6)CC5)c4)cnc(N)c23)cc1F. The van der Waals surface area contributed by atoms with Gasteiger partial charge in [0, 0.05) is 73.3 Å². The van der Waals surface area contributed by atoms with E-state index in [1.807, 2.05) is 15.8 Å². The fourth-order valence-corrected chi connectivity index (χ4v) is 9.46. The molecule has 0 radical (unpaired) electrons. The van der Waals surface area contributed by atoms with E-state index < -0.39 is 45.5 Å². The Balaban J connectivity index is 0.825. The Morgan fingerprint density at radius 3 is 2.48 bits per heavy atom. The van der Waals surface area contributed by atoms with Crippen LogP contribution in [0.25, 0.3) is 33.3 Å². The fraction of sp³-hybridized carbons (Fsp3) is 0.366. The number of carbonyl (C=O) groups is 5. The van der Waals surface area contributed by atoms with Gasteiger partial charge >= 0.3 is 0 Å². The van der Waals surface area contributed by atoms with Crippen LogP contribution in [-0.4, -0.2) is 103 Å². The van der Waals surface area contributed by atoms with E-state index in [0.29, 0.717) is 72.2 Å². The van der Waals surface area contributed by atoms with Crippen molar-refractivity contribution >= 4 is 67.7 Å². The molecule has 20 heteroatoms. The highest BCUT2D eigenvalue weighted by atomic mass is 32.2. The number of pyridine rings is 1. The Labute approximate surface area is 348 Å². The van der Waals surface area contributed by atoms with Gasteiger partial charge in [-0.25, -0.2) is 17.8 Å². The number of rotatable bonds is 10. The number of nitrogens with one attached hydrogen (secondary N) is 3. The second-order valence-corrected chi connectivity index (χ2v) is 17.9. The van der Waals surface area contributed by atoms with E-state index in [1.165, 1.54) is 19.1 Å². The van der Waals surface area contributed by atoms with Crippen LogP contribution in [0.15, 0.2) is 55.0 Å². The number of aryl methyl sites for hydroxylation is 1. The zero-order valence-electron chi connectivity index (χ0n) is 33.2. The lowest BCUT2D eigenvalue weighted by Crippen LogP contribution is -2.54. The standard InChI is InChI=1S/C41H42FN11O7S/c1-3-61(59,60)49-29-8-7-21(17-28(29)42)35-34-36(50(2)48-35)27(19-44-37(34)43)23-18-45-52(20-23)25-11-13-51(14-12-25)39(56)22-15-24(16-22)46-30-6-4-5-26-33(30)41(58)53(40(26)57)31-9-10-32(54)47-38(31)55/h4-8,17-20,22,24-25,31,46,49H,3,9-16H2,1-2H3,(H2,43,44)(H,47,54,55). The van der Waals surface area contributed by atoms with E-state index in [9.17, 15) is 32.4 Å². The number of carbonyl (C=O) groups excluding carboxylic acids is 5. The minimum atomic E-state index is -3.68. The number of nitrogens with zero attached hydrogens (tertiary/aromatic N) is 7. The maximum atomic E-state index is 15.1. The summed E-state index contributed by atoms with van der Waals surface area (Å²) in [5, 5.41) is 15.4. The Morgan fingerprint density at radius 2 is 1.75 bits per heavy atom. The number of nitrogens with two attached hydrogens (primary N) is 1. The van der Waals surface area contributed by atoms with Crippen molar-refractivity contribution in [1.82, 2.24) is 39.7 Å². The number of likely N-dealkylation sites (tertiary alicyclic amines) is 1. The summed E-state index contributed by atoms with van der Waals surface area (Å²) in [4.78, 5) is 71.8. The van der Waals surface area contributed by atoms with Gasteiger partial charge < -0.3 is 16.0 Å². The molecule has 316 valence electrons. The predicted molar refractivity (Wildman–Crippen MR) is 221 cm³/mol. The van der Waals surface area contributed by atoms with E-state index in [2.05, 4.69) is 30.5 Å². The first kappa shape index (κ1) is 39.7. The number of sulfonamides is 1. The number of anilines is 3. The van der Waals surface area contributed by atoms with E-state index in [-0.39, 0.29) is 65.1 Å². The Hall–Kier alpha value is -6.70. The Bertz CT molecular complexity index is 2790. The van der Waals surface area contributed by atoms with Crippen molar-refractivity contribution < 1.29 is 36.8 Å². The van der Waals surface area contributed by atoms with Gasteiger partial charge in [-0.15, -0.1) is 0 Å². The molecule has 0 bridgehead atoms. The number of amides is 5. The van der Waals surface area contributed by atoms with Crippen LogP contribution in [0.2, 0.25) is 0 Å². The third-order valence-corrected chi connectivity index (χ3v) is 13.4. The summed E-state index contributed by atoms with van der Waals surface area (Å²) >= 11 is 0. The smallest absolute Gasteiger partial charge is 0.264 e. The maximum Gasteiger partial charge on any atom is 0.264 e. The third-order valence-electron chi connectivity index (χ3n) is 12.2. The molecular weight excluding hydrogens is 810 g/mol. The highest BCUT2D eigenvalue weighted by molar-refractivity contribution is 7.92. The van der Waals surface area contributed by atoms with Crippen molar-refractivity contribution in [1.29, 1.82) is 0 Å². The topological polar surface area (TPSA) is 237 Å². The summed E-state index contributed by atoms with van der Waals surface area (Å²) in [6.45, 7) is 2.57. The van der Waals surface area contributed by atoms with Crippen LogP contribution in [0.3, 0.4) is 0 Å². The van der Waals surface area contributed by atoms with Crippen LogP contribution in [0.1, 0.15) is 72.2 Å². The fourth-order valence-electron chi connectivity index (χ4n) is 8.81. The number of imide groups is 2. The van der Waals surface area contributed by atoms with Crippen LogP contribution in [0.4, 0.5) is 21.6 Å². The molecule has 1 atom stereocenters. The molecule has 2 saturated heterocycles. The summed E-state index contributed by atoms with van der Waals surface area (Å²) in [5.41, 5.74) is 10.0. The van der Waals surface area contributed by atoms with Crippen molar-refractivity contribution in [2.75, 3.05) is 34.6 Å². The number of piperidine rings is 2. The molecule has 1 aliphatic carbocycles. The molecule has 6 heterocycles. The zero-order chi connectivity index (χ0) is 42.9. The van der Waals surface area contributed by atoms with Gasteiger partial charge in [0.05, 0.1) is 45.7 Å². The van der Waals surface area contributed by atoms with Crippen molar-refractivity contribution in [3.05, 3.63) is 71.9 Å². The van der Waals surface area contributed by atoms with Gasteiger partial charge in [-0.2, -0.15) is 10.2 Å². The van der Waals surface area contributed by atoms with Crippen molar-refractivity contribution in [2.45, 2.75) is 63.6 Å². The average Bonchev–Trinajstić information content (AvgIpc) is 3.92. The molecule has 3 fully saturated rings. The summed E-state index contributed by atoms with van der Waals surface area (Å²) in [6.07, 6.45) is 7.93. The average molecular weight is 852 g/mol. The summed E-state index contributed by atoms with van der Waals surface area (Å²) < 4.78 is 45.0. The molecule has 5 amide bonds. The number of hydrogen-bond donors (Lipinski definition) is 4. The predicted octanol–water partition coefficient (Wildman–Crippen LogP) is 3.44. The molecule has 5 aromatic rings. The third kappa shape index (κ3) is 7.03. The largest absolute Gasteiger partial charge is 0.383 e. The molecule has 1 saturated carbocycles. The maximum absolute atomic E-state index is 15.1. The number of nitrogen functional groups attached to an aromatic ring is 1. The van der Waals surface area contributed by atoms with Crippen LogP contribution in [-0.2, 0) is 31.5 Å². The van der Waals surface area contributed by atoms with Gasteiger partial charge in [-0.3, -0.25) is 48.3 Å². The minimum absolute atomic E-state index is 0.0371. The first-order valence-electron chi connectivity index (χ1n) is 20.1. The molecular formula is C41H42FN11O7S. The molecule has 3 aliphatic heterocycles. The second kappa shape index (κ2) is 15.1. The van der Waals surface area contributed by atoms with E-state index >= 15 is 4.39 Å². The monoisotopic (exact) mass is 851 g/mol. The highest BCUT2D eigenvalue weighted by Crippen LogP contribution is 2.40. The van der Waals surface area contributed by atoms with Gasteiger partial charge in [-0.05, 0) is 63.3 Å². The van der Waals surface area contributed by atoms with Crippen LogP contribution < -0.4 is 21.1 Å². The highest BCUT2D eigenvalue weighted by Gasteiger charge is 2.46. The van der Waals surface area contributed by atoms with Gasteiger partial charge in [0.25, 0.3) is 11.8 Å². The Morgan fingerprint density at radius 1 is 0.984 bits per heavy atom. The second-order valence-electron chi connectivity index (χ2n) is 15.9. The quantitative estimate of drug-likeness (QED) is 0.148. The Kier molecular flexibility index (Phi) is 9.83. The molecule has 3 aromatic heterocycles. The van der Waals surface area contributed by atoms with E-state index in [4.69, 9.17) is 5.73 Å². The molecule has 9 rings (SSSR count). The number of halogens is 1. The van der Waals surface area contributed by atoms with E-state index in [0.717, 1.165) is 10.5 Å². The lowest BCUT2D eigenvalue weighted by molar-refractivity contribution is -0.140. The van der Waals surface area contributed by atoms with Gasteiger partial charge in [0.2, 0.25) is 27.7 Å². The van der Waals surface area contributed by atoms with Crippen LogP contribution in [0.5, 0.6) is 0 Å². The summed E-state index contributed by atoms with van der Waals surface area (Å²) in [6, 6.07) is 7.97. The molecule has 0 spiro atoms. The summed E-state index contributed by atoms with van der Waals surface area (Å²) in [7, 11) is -1.93. The number of fused-ring (bicyclic) bond motifs is 2. The lowest BCUT2D eigenvalue weighted by atomic mass is 9.78. The minimum Gasteiger partial charge on any atom is -0.383 e. The molecule has 2 aromatic carbocycles. The van der Waals surface area contributed by atoms with Crippen molar-refractivity contribution in [2.24, 2.45) is 13.0 Å². The van der Waals surface area contributed by atoms with Crippen LogP contribution in [0, 0.1) is 11.7 Å². The molecule has 5 N–H and O–H groups in total. The lowest BCUT2D eigenvalue weighted by Gasteiger charge is -2.40. The summed E-state index contributed by atoms with van der Waals surface area (Å²) in [5.74, 6) is -3.13. The number of aromatic nitrogens is 5. The molecule has 4 aliphatic rings. The normalized spacial score (nSPS) is 20.8. The molecule has 1 unspecified atom stereocenters. The van der Waals surface area contributed by atoms with Gasteiger partial charge in [0.1, 0.15) is 23.4 Å². The number of hydrogen-bond acceptors (Lipinski definition) is 12. The van der Waals surface area contributed by atoms with Crippen molar-refractivity contribution in [3.8, 4) is 22.4 Å². The van der Waals surface area contributed by atoms with Gasteiger partial charge in [0.15, 0.2) is 0 Å². The zero-order valence-corrected chi connectivity index (χ0v) is 34.0. The first-order chi connectivity index (χ1) is 29.2. The molecule has 18 nitrogen and oxygen atoms in total. The van der Waals surface area contributed by atoms with Gasteiger partial charge in [-0.1, -0.05) is 12.1 Å². The van der Waals surface area contributed by atoms with E-state index in [1.54, 1.807) is 48.4 Å². The number of benzene rings is 2. The van der Waals surface area contributed by atoms with Crippen molar-refractivity contribution in [3.63, 3.8) is 0 Å². The molecule has 61 heavy (non-hydrogen) atoms.